The molecule has 9 heteroatoms. The van der Waals surface area contributed by atoms with Gasteiger partial charge < -0.3 is 20.4 Å². The highest BCUT2D eigenvalue weighted by atomic mass is 16.5. The van der Waals surface area contributed by atoms with Crippen molar-refractivity contribution in [1.82, 2.24) is 25.2 Å². The summed E-state index contributed by atoms with van der Waals surface area (Å²) in [7, 11) is 1.76. The molecular weight excluding hydrogens is 504 g/mol. The minimum atomic E-state index is -0.758. The van der Waals surface area contributed by atoms with Crippen LogP contribution in [0.25, 0.3) is 22.2 Å². The smallest absolute Gasteiger partial charge is 0.246 e. The van der Waals surface area contributed by atoms with Crippen LogP contribution in [0.3, 0.4) is 0 Å². The first-order valence-corrected chi connectivity index (χ1v) is 13.4. The van der Waals surface area contributed by atoms with Gasteiger partial charge in [-0.2, -0.15) is 0 Å². The number of fused-ring (bicyclic) bond motifs is 1. The van der Waals surface area contributed by atoms with Gasteiger partial charge in [0.05, 0.1) is 10.9 Å². The molecule has 1 aliphatic carbocycles. The van der Waals surface area contributed by atoms with Crippen LogP contribution in [0.1, 0.15) is 45.6 Å². The predicted octanol–water partition coefficient (Wildman–Crippen LogP) is 5.65. The van der Waals surface area contributed by atoms with Crippen molar-refractivity contribution in [2.45, 2.75) is 51.1 Å². The van der Waals surface area contributed by atoms with Crippen LogP contribution in [0.15, 0.2) is 80.3 Å². The maximum absolute atomic E-state index is 12.5. The molecule has 0 bridgehead atoms. The lowest BCUT2D eigenvalue weighted by molar-refractivity contribution is -0.132. The van der Waals surface area contributed by atoms with E-state index in [0.717, 1.165) is 46.5 Å². The van der Waals surface area contributed by atoms with E-state index in [1.807, 2.05) is 68.4 Å². The van der Waals surface area contributed by atoms with E-state index in [-0.39, 0.29) is 11.9 Å². The fourth-order valence-corrected chi connectivity index (χ4v) is 5.09. The molecule has 2 aromatic heterocycles. The number of imide groups is 1. The molecular formula is C31H38N6O3. The third-order valence-electron chi connectivity index (χ3n) is 7.09. The number of likely N-dealkylation sites (N-methyl/N-ethyl adjacent to an activating group) is 1. The lowest BCUT2D eigenvalue weighted by Gasteiger charge is -2.38. The van der Waals surface area contributed by atoms with E-state index in [9.17, 15) is 9.59 Å². The molecule has 1 aliphatic rings. The number of hydrogen-bond donors (Lipinski definition) is 3. The largest absolute Gasteiger partial charge is 0.457 e. The van der Waals surface area contributed by atoms with Gasteiger partial charge in [0.1, 0.15) is 29.3 Å². The highest BCUT2D eigenvalue weighted by Gasteiger charge is 2.41. The molecule has 5 rings (SSSR count). The van der Waals surface area contributed by atoms with Gasteiger partial charge in [-0.05, 0) is 62.6 Å². The summed E-state index contributed by atoms with van der Waals surface area (Å²) in [5, 5.41) is 6.25. The third kappa shape index (κ3) is 6.21. The normalized spacial score (nSPS) is 17.9. The Morgan fingerprint density at radius 1 is 1.05 bits per heavy atom. The van der Waals surface area contributed by atoms with Gasteiger partial charge in [0, 0.05) is 17.8 Å². The van der Waals surface area contributed by atoms with Crippen LogP contribution in [-0.4, -0.2) is 39.4 Å². The molecule has 1 fully saturated rings. The molecule has 0 radical (unpaired) electrons. The van der Waals surface area contributed by atoms with E-state index < -0.39 is 5.54 Å². The van der Waals surface area contributed by atoms with Gasteiger partial charge in [-0.3, -0.25) is 14.9 Å². The van der Waals surface area contributed by atoms with Crippen molar-refractivity contribution in [2.24, 2.45) is 0 Å². The highest BCUT2D eigenvalue weighted by molar-refractivity contribution is 6.00. The molecule has 40 heavy (non-hydrogen) atoms. The number of nitrogens with one attached hydrogen (secondary N) is 2. The number of nitrogens with zero attached hydrogens (tertiary/aromatic N) is 3. The minimum Gasteiger partial charge on any atom is -0.457 e. The Labute approximate surface area is 235 Å². The average molecular weight is 543 g/mol. The molecule has 2 amide bonds. The van der Waals surface area contributed by atoms with Crippen molar-refractivity contribution in [3.63, 3.8) is 0 Å². The fraction of sp³-hybridized carbons (Fsp3) is 0.290. The van der Waals surface area contributed by atoms with E-state index in [2.05, 4.69) is 44.5 Å². The summed E-state index contributed by atoms with van der Waals surface area (Å²) in [5.41, 5.74) is 8.25. The van der Waals surface area contributed by atoms with Crippen LogP contribution >= 0.6 is 0 Å². The molecule has 4 N–H and O–H groups in total. The van der Waals surface area contributed by atoms with E-state index in [1.54, 1.807) is 7.05 Å². The standard InChI is InChI=1S/C27H28N6O3.C2H6.C2H4/c1-29-27(26(35)32-17-34)13-11-19(12-14-27)33-15-22(23-24(28)30-16-31-25(23)33)18-7-9-21(10-8-18)36-20-5-3-2-4-6-20;2*1-2/h2-10,15-17,19,29H,11-14H2,1H3,(H2,28,30,31)(H,32,34,35);1-2H3;1-2H2. The summed E-state index contributed by atoms with van der Waals surface area (Å²) in [6, 6.07) is 17.6. The topological polar surface area (TPSA) is 124 Å². The molecule has 2 heterocycles. The SMILES string of the molecule is C=C.CC.CNC1(C(=O)NC=O)CCC(n2cc(-c3ccc(Oc4ccccc4)cc3)c3c(N)ncnc32)CC1. The average Bonchev–Trinajstić information content (AvgIpc) is 3.41. The number of amides is 2. The van der Waals surface area contributed by atoms with Crippen LogP contribution in [0.5, 0.6) is 11.5 Å². The van der Waals surface area contributed by atoms with Crippen molar-refractivity contribution in [3.05, 3.63) is 80.3 Å². The molecule has 210 valence electrons. The Hall–Kier alpha value is -4.50. The number of hydrogen-bond acceptors (Lipinski definition) is 7. The second-order valence-electron chi connectivity index (χ2n) is 9.00. The Morgan fingerprint density at radius 2 is 1.68 bits per heavy atom. The number of carbonyl (C=O) groups excluding carboxylic acids is 2. The Kier molecular flexibility index (Phi) is 10.6. The van der Waals surface area contributed by atoms with Gasteiger partial charge in [0.2, 0.25) is 12.3 Å². The van der Waals surface area contributed by atoms with E-state index in [0.29, 0.717) is 25.1 Å². The van der Waals surface area contributed by atoms with Crippen LogP contribution in [0, 0.1) is 0 Å². The molecule has 0 atom stereocenters. The number of ether oxygens (including phenoxy) is 1. The van der Waals surface area contributed by atoms with Gasteiger partial charge >= 0.3 is 0 Å². The quantitative estimate of drug-likeness (QED) is 0.204. The van der Waals surface area contributed by atoms with Crippen molar-refractivity contribution in [1.29, 1.82) is 0 Å². The minimum absolute atomic E-state index is 0.127. The lowest BCUT2D eigenvalue weighted by atomic mass is 9.78. The van der Waals surface area contributed by atoms with Gasteiger partial charge in [-0.1, -0.05) is 44.2 Å². The number of rotatable bonds is 7. The molecule has 0 unspecified atom stereocenters. The maximum Gasteiger partial charge on any atom is 0.246 e. The van der Waals surface area contributed by atoms with Crippen LogP contribution in [0.2, 0.25) is 0 Å². The fourth-order valence-electron chi connectivity index (χ4n) is 5.09. The molecule has 1 saturated carbocycles. The number of anilines is 1. The number of benzene rings is 2. The van der Waals surface area contributed by atoms with E-state index >= 15 is 0 Å². The van der Waals surface area contributed by atoms with Gasteiger partial charge in [-0.15, -0.1) is 13.2 Å². The maximum atomic E-state index is 12.5. The van der Waals surface area contributed by atoms with Crippen molar-refractivity contribution >= 4 is 29.2 Å². The monoisotopic (exact) mass is 542 g/mol. The van der Waals surface area contributed by atoms with Crippen LogP contribution < -0.4 is 21.1 Å². The summed E-state index contributed by atoms with van der Waals surface area (Å²) in [4.78, 5) is 32.2. The zero-order chi connectivity index (χ0) is 29.1. The molecule has 0 aliphatic heterocycles. The first-order valence-electron chi connectivity index (χ1n) is 13.4. The van der Waals surface area contributed by atoms with Crippen molar-refractivity contribution in [2.75, 3.05) is 12.8 Å². The van der Waals surface area contributed by atoms with Crippen LogP contribution in [0.4, 0.5) is 5.82 Å². The van der Waals surface area contributed by atoms with Gasteiger partial charge in [0.25, 0.3) is 0 Å². The Balaban J connectivity index is 0.00000106. The lowest BCUT2D eigenvalue weighted by Crippen LogP contribution is -2.57. The Bertz CT molecular complexity index is 1390. The second-order valence-corrected chi connectivity index (χ2v) is 9.00. The summed E-state index contributed by atoms with van der Waals surface area (Å²) >= 11 is 0. The molecule has 9 nitrogen and oxygen atoms in total. The first-order chi connectivity index (χ1) is 19.5. The number of nitrogen functional groups attached to an aromatic ring is 1. The summed E-state index contributed by atoms with van der Waals surface area (Å²) in [6.07, 6.45) is 6.66. The molecule has 0 saturated heterocycles. The number of aromatic nitrogens is 3. The Morgan fingerprint density at radius 3 is 2.27 bits per heavy atom. The number of carbonyl (C=O) groups is 2. The van der Waals surface area contributed by atoms with E-state index in [1.165, 1.54) is 6.33 Å². The molecule has 0 spiro atoms. The number of para-hydroxylation sites is 1. The van der Waals surface area contributed by atoms with Gasteiger partial charge in [-0.25, -0.2) is 9.97 Å². The zero-order valence-corrected chi connectivity index (χ0v) is 23.4. The summed E-state index contributed by atoms with van der Waals surface area (Å²) < 4.78 is 8.08. The molecule has 2 aromatic carbocycles. The first kappa shape index (κ1) is 30.0. The van der Waals surface area contributed by atoms with Crippen molar-refractivity contribution < 1.29 is 14.3 Å². The van der Waals surface area contributed by atoms with Crippen LogP contribution in [-0.2, 0) is 9.59 Å². The second kappa shape index (κ2) is 14.0. The van der Waals surface area contributed by atoms with Gasteiger partial charge in [0.15, 0.2) is 0 Å². The number of nitrogens with two attached hydrogens (primary N) is 1. The van der Waals surface area contributed by atoms with Crippen molar-refractivity contribution in [3.8, 4) is 22.6 Å². The van der Waals surface area contributed by atoms with E-state index in [4.69, 9.17) is 10.5 Å². The third-order valence-corrected chi connectivity index (χ3v) is 7.09. The summed E-state index contributed by atoms with van der Waals surface area (Å²) in [6.45, 7) is 10.0. The highest BCUT2D eigenvalue weighted by Crippen LogP contribution is 2.40. The molecule has 4 aromatic rings. The predicted molar refractivity (Wildman–Crippen MR) is 160 cm³/mol. The zero-order valence-electron chi connectivity index (χ0n) is 23.4. The summed E-state index contributed by atoms with van der Waals surface area (Å²) in [5.74, 6) is 1.64.